The van der Waals surface area contributed by atoms with Crippen molar-refractivity contribution in [1.82, 2.24) is 9.88 Å². The summed E-state index contributed by atoms with van der Waals surface area (Å²) in [6, 6.07) is 4.81. The van der Waals surface area contributed by atoms with E-state index < -0.39 is 0 Å². The lowest BCUT2D eigenvalue weighted by Crippen LogP contribution is -2.36. The minimum Gasteiger partial charge on any atom is -0.396 e. The van der Waals surface area contributed by atoms with Gasteiger partial charge in [0.2, 0.25) is 0 Å². The van der Waals surface area contributed by atoms with E-state index >= 15 is 0 Å². The highest BCUT2D eigenvalue weighted by molar-refractivity contribution is 7.19. The quantitative estimate of drug-likeness (QED) is 0.866. The van der Waals surface area contributed by atoms with E-state index in [1.165, 1.54) is 16.9 Å². The van der Waals surface area contributed by atoms with Crippen molar-refractivity contribution < 1.29 is 0 Å². The van der Waals surface area contributed by atoms with Crippen molar-refractivity contribution in [2.75, 3.05) is 12.3 Å². The maximum absolute atomic E-state index is 9.04. The molecule has 0 spiro atoms. The lowest BCUT2D eigenvalue weighted by atomic mass is 10.0. The third kappa shape index (κ3) is 1.97. The zero-order valence-corrected chi connectivity index (χ0v) is 11.9. The second-order valence-electron chi connectivity index (χ2n) is 5.22. The number of hydrogen-bond donors (Lipinski definition) is 1. The Bertz CT molecular complexity index is 681. The summed E-state index contributed by atoms with van der Waals surface area (Å²) in [4.78, 5) is 8.60. The number of thiophene rings is 1. The number of nitrogens with zero attached hydrogens (tertiary/aromatic N) is 3. The Morgan fingerprint density at radius 3 is 3.00 bits per heavy atom. The molecule has 0 atom stereocenters. The molecule has 0 bridgehead atoms. The van der Waals surface area contributed by atoms with E-state index in [-0.39, 0.29) is 0 Å². The molecule has 0 fully saturated rings. The predicted molar refractivity (Wildman–Crippen MR) is 78.0 cm³/mol. The summed E-state index contributed by atoms with van der Waals surface area (Å²) in [5.74, 6) is 0. The van der Waals surface area contributed by atoms with Gasteiger partial charge in [0.25, 0.3) is 0 Å². The molecular weight excluding hydrogens is 256 g/mol. The largest absolute Gasteiger partial charge is 0.396 e. The first-order valence-corrected chi connectivity index (χ1v) is 7.26. The number of rotatable bonds is 1. The summed E-state index contributed by atoms with van der Waals surface area (Å²) in [7, 11) is 0. The fourth-order valence-electron chi connectivity index (χ4n) is 2.54. The zero-order valence-electron chi connectivity index (χ0n) is 11.1. The van der Waals surface area contributed by atoms with Gasteiger partial charge in [-0.2, -0.15) is 5.26 Å². The summed E-state index contributed by atoms with van der Waals surface area (Å²) in [5, 5.41) is 9.98. The van der Waals surface area contributed by atoms with Crippen LogP contribution in [0.4, 0.5) is 5.69 Å². The Morgan fingerprint density at radius 2 is 2.32 bits per heavy atom. The standard InChI is InChI=1S/C14H16N4S/c1-8(2)18-4-3-11-9(7-18)5-10-13(16)12(6-15)19-14(10)17-11/h5,8H,3-4,7,16H2,1-2H3. The smallest absolute Gasteiger partial charge is 0.130 e. The number of fused-ring (bicyclic) bond motifs is 2. The highest BCUT2D eigenvalue weighted by Gasteiger charge is 2.21. The van der Waals surface area contributed by atoms with Crippen molar-refractivity contribution >= 4 is 27.2 Å². The molecule has 1 aliphatic heterocycles. The van der Waals surface area contributed by atoms with Crippen molar-refractivity contribution in [2.24, 2.45) is 0 Å². The van der Waals surface area contributed by atoms with Crippen LogP contribution in [0, 0.1) is 11.3 Å². The lowest BCUT2D eigenvalue weighted by Gasteiger charge is -2.31. The molecule has 0 radical (unpaired) electrons. The molecule has 2 aromatic heterocycles. The Balaban J connectivity index is 2.11. The minimum absolute atomic E-state index is 0.540. The molecule has 3 heterocycles. The molecular formula is C14H16N4S. The Labute approximate surface area is 116 Å². The van der Waals surface area contributed by atoms with Crippen LogP contribution in [0.5, 0.6) is 0 Å². The number of hydrogen-bond acceptors (Lipinski definition) is 5. The summed E-state index contributed by atoms with van der Waals surface area (Å²) in [5.41, 5.74) is 9.01. The molecule has 1 aliphatic rings. The van der Waals surface area contributed by atoms with E-state index in [1.54, 1.807) is 0 Å². The van der Waals surface area contributed by atoms with E-state index in [4.69, 9.17) is 16.0 Å². The molecule has 3 rings (SSSR count). The maximum Gasteiger partial charge on any atom is 0.130 e. The monoisotopic (exact) mass is 272 g/mol. The van der Waals surface area contributed by atoms with Gasteiger partial charge < -0.3 is 5.73 Å². The van der Waals surface area contributed by atoms with Gasteiger partial charge in [0.15, 0.2) is 0 Å². The number of anilines is 1. The van der Waals surface area contributed by atoms with Gasteiger partial charge in [0.05, 0.1) is 5.69 Å². The SMILES string of the molecule is CC(C)N1CCc2nc3sc(C#N)c(N)c3cc2C1. The molecule has 98 valence electrons. The third-order valence-corrected chi connectivity index (χ3v) is 4.75. The Morgan fingerprint density at radius 1 is 1.53 bits per heavy atom. The first kappa shape index (κ1) is 12.4. The second kappa shape index (κ2) is 4.48. The molecule has 4 nitrogen and oxygen atoms in total. The summed E-state index contributed by atoms with van der Waals surface area (Å²) in [6.07, 6.45) is 0.975. The van der Waals surface area contributed by atoms with Crippen molar-refractivity contribution in [2.45, 2.75) is 32.9 Å². The van der Waals surface area contributed by atoms with Gasteiger partial charge in [-0.3, -0.25) is 4.90 Å². The van der Waals surface area contributed by atoms with Crippen molar-refractivity contribution in [1.29, 1.82) is 5.26 Å². The molecule has 0 saturated heterocycles. The molecule has 0 amide bonds. The highest BCUT2D eigenvalue weighted by atomic mass is 32.1. The van der Waals surface area contributed by atoms with Crippen LogP contribution in [-0.2, 0) is 13.0 Å². The van der Waals surface area contributed by atoms with Crippen LogP contribution in [0.25, 0.3) is 10.2 Å². The summed E-state index contributed by atoms with van der Waals surface area (Å²) >= 11 is 1.39. The summed E-state index contributed by atoms with van der Waals surface area (Å²) < 4.78 is 0. The predicted octanol–water partition coefficient (Wildman–Crippen LogP) is 2.52. The fourth-order valence-corrected chi connectivity index (χ4v) is 3.44. The zero-order chi connectivity index (χ0) is 13.6. The number of nitrogens with two attached hydrogens (primary N) is 1. The van der Waals surface area contributed by atoms with Crippen LogP contribution >= 0.6 is 11.3 Å². The van der Waals surface area contributed by atoms with Gasteiger partial charge in [-0.15, -0.1) is 11.3 Å². The van der Waals surface area contributed by atoms with E-state index in [1.807, 2.05) is 0 Å². The molecule has 2 aromatic rings. The maximum atomic E-state index is 9.04. The fraction of sp³-hybridized carbons (Fsp3) is 0.429. The average molecular weight is 272 g/mol. The molecule has 19 heavy (non-hydrogen) atoms. The molecule has 0 saturated carbocycles. The van der Waals surface area contributed by atoms with Gasteiger partial charge in [0.1, 0.15) is 15.8 Å². The van der Waals surface area contributed by atoms with Gasteiger partial charge in [-0.25, -0.2) is 4.98 Å². The number of pyridine rings is 1. The van der Waals surface area contributed by atoms with Crippen LogP contribution in [0.2, 0.25) is 0 Å². The topological polar surface area (TPSA) is 65.9 Å². The molecule has 0 aliphatic carbocycles. The normalized spacial score (nSPS) is 15.7. The molecule has 0 aromatic carbocycles. The van der Waals surface area contributed by atoms with Crippen LogP contribution in [-0.4, -0.2) is 22.5 Å². The van der Waals surface area contributed by atoms with E-state index in [0.29, 0.717) is 16.6 Å². The van der Waals surface area contributed by atoms with Crippen molar-refractivity contribution in [3.63, 3.8) is 0 Å². The van der Waals surface area contributed by atoms with Gasteiger partial charge >= 0.3 is 0 Å². The van der Waals surface area contributed by atoms with Crippen molar-refractivity contribution in [3.8, 4) is 6.07 Å². The van der Waals surface area contributed by atoms with Gasteiger partial charge in [-0.1, -0.05) is 0 Å². The van der Waals surface area contributed by atoms with E-state index in [0.717, 1.165) is 35.4 Å². The number of nitriles is 1. The molecule has 0 unspecified atom stereocenters. The van der Waals surface area contributed by atoms with Gasteiger partial charge in [0, 0.05) is 36.6 Å². The molecule has 2 N–H and O–H groups in total. The Hall–Kier alpha value is -1.64. The van der Waals surface area contributed by atoms with Crippen LogP contribution in [0.15, 0.2) is 6.07 Å². The third-order valence-electron chi connectivity index (χ3n) is 3.73. The number of aromatic nitrogens is 1. The van der Waals surface area contributed by atoms with Crippen LogP contribution in [0.1, 0.15) is 30.0 Å². The van der Waals surface area contributed by atoms with Crippen molar-refractivity contribution in [3.05, 3.63) is 22.2 Å². The number of nitrogen functional groups attached to an aromatic ring is 1. The molecule has 5 heteroatoms. The second-order valence-corrected chi connectivity index (χ2v) is 6.22. The van der Waals surface area contributed by atoms with Crippen LogP contribution in [0.3, 0.4) is 0 Å². The first-order valence-electron chi connectivity index (χ1n) is 6.45. The van der Waals surface area contributed by atoms with E-state index in [2.05, 4.69) is 30.9 Å². The lowest BCUT2D eigenvalue weighted by molar-refractivity contribution is 0.202. The average Bonchev–Trinajstić information content (AvgIpc) is 2.72. The Kier molecular flexibility index (Phi) is 2.92. The van der Waals surface area contributed by atoms with Gasteiger partial charge in [-0.05, 0) is 25.5 Å². The van der Waals surface area contributed by atoms with Crippen LogP contribution < -0.4 is 5.73 Å². The minimum atomic E-state index is 0.540. The van der Waals surface area contributed by atoms with E-state index in [9.17, 15) is 0 Å². The first-order chi connectivity index (χ1) is 9.10. The summed E-state index contributed by atoms with van der Waals surface area (Å²) in [6.45, 7) is 6.40. The highest BCUT2D eigenvalue weighted by Crippen LogP contribution is 2.34.